The minimum Gasteiger partial charge on any atom is -0.475 e. The lowest BCUT2D eigenvalue weighted by molar-refractivity contribution is -0.0545. The molecule has 1 aromatic rings. The number of rotatable bonds is 4. The molecule has 0 radical (unpaired) electrons. The van der Waals surface area contributed by atoms with E-state index in [0.717, 1.165) is 5.56 Å². The SMILES string of the molecule is CC(C)Oc1ncccc1CNC(=O)N1C[C@@H](C)O[C@@H](C)C1. The topological polar surface area (TPSA) is 63.7 Å². The molecule has 1 aliphatic rings. The Balaban J connectivity index is 1.93. The maximum absolute atomic E-state index is 12.3. The van der Waals surface area contributed by atoms with Crippen LogP contribution in [0, 0.1) is 0 Å². The fraction of sp³-hybridized carbons (Fsp3) is 0.625. The van der Waals surface area contributed by atoms with Crippen LogP contribution in [0.5, 0.6) is 5.88 Å². The standard InChI is InChI=1S/C16H25N3O3/c1-11(2)21-15-14(6-5-7-17-15)8-18-16(20)19-9-12(3)22-13(4)10-19/h5-7,11-13H,8-10H2,1-4H3,(H,18,20)/t12-,13+. The van der Waals surface area contributed by atoms with Gasteiger partial charge >= 0.3 is 6.03 Å². The highest BCUT2D eigenvalue weighted by molar-refractivity contribution is 5.74. The van der Waals surface area contributed by atoms with Crippen LogP contribution >= 0.6 is 0 Å². The number of ether oxygens (including phenoxy) is 2. The Morgan fingerprint density at radius 1 is 1.45 bits per heavy atom. The van der Waals surface area contributed by atoms with Gasteiger partial charge in [-0.15, -0.1) is 0 Å². The van der Waals surface area contributed by atoms with Crippen LogP contribution in [-0.4, -0.2) is 47.3 Å². The lowest BCUT2D eigenvalue weighted by Gasteiger charge is -2.35. The molecule has 0 saturated carbocycles. The summed E-state index contributed by atoms with van der Waals surface area (Å²) in [4.78, 5) is 18.3. The summed E-state index contributed by atoms with van der Waals surface area (Å²) in [5.41, 5.74) is 0.874. The normalized spacial score (nSPS) is 21.8. The molecule has 0 aliphatic carbocycles. The lowest BCUT2D eigenvalue weighted by Crippen LogP contribution is -2.51. The van der Waals surface area contributed by atoms with Crippen LogP contribution in [0.3, 0.4) is 0 Å². The maximum atomic E-state index is 12.3. The summed E-state index contributed by atoms with van der Waals surface area (Å²) in [5.74, 6) is 0.571. The molecule has 2 rings (SSSR count). The smallest absolute Gasteiger partial charge is 0.317 e. The van der Waals surface area contributed by atoms with Crippen molar-refractivity contribution in [3.8, 4) is 5.88 Å². The number of hydrogen-bond acceptors (Lipinski definition) is 4. The van der Waals surface area contributed by atoms with Crippen molar-refractivity contribution in [3.05, 3.63) is 23.9 Å². The first kappa shape index (κ1) is 16.5. The second-order valence-corrected chi connectivity index (χ2v) is 5.96. The Kier molecular flexibility index (Phi) is 5.60. The molecule has 6 nitrogen and oxygen atoms in total. The Morgan fingerprint density at radius 2 is 2.14 bits per heavy atom. The van der Waals surface area contributed by atoms with Gasteiger partial charge in [0.15, 0.2) is 0 Å². The van der Waals surface area contributed by atoms with Crippen molar-refractivity contribution < 1.29 is 14.3 Å². The van der Waals surface area contributed by atoms with E-state index in [4.69, 9.17) is 9.47 Å². The second-order valence-electron chi connectivity index (χ2n) is 5.96. The molecule has 0 aromatic carbocycles. The number of nitrogens with zero attached hydrogens (tertiary/aromatic N) is 2. The van der Waals surface area contributed by atoms with E-state index in [1.807, 2.05) is 39.8 Å². The average Bonchev–Trinajstić information content (AvgIpc) is 2.44. The molecule has 1 fully saturated rings. The number of aromatic nitrogens is 1. The van der Waals surface area contributed by atoms with E-state index in [2.05, 4.69) is 10.3 Å². The Hall–Kier alpha value is -1.82. The quantitative estimate of drug-likeness (QED) is 0.926. The highest BCUT2D eigenvalue weighted by Crippen LogP contribution is 2.16. The third-order valence-corrected chi connectivity index (χ3v) is 3.33. The second kappa shape index (κ2) is 7.45. The van der Waals surface area contributed by atoms with Crippen LogP contribution in [-0.2, 0) is 11.3 Å². The molecule has 2 amide bonds. The van der Waals surface area contributed by atoms with Crippen molar-refractivity contribution >= 4 is 6.03 Å². The summed E-state index contributed by atoms with van der Waals surface area (Å²) in [6, 6.07) is 3.67. The molecule has 122 valence electrons. The van der Waals surface area contributed by atoms with E-state index in [9.17, 15) is 4.79 Å². The Morgan fingerprint density at radius 3 is 2.77 bits per heavy atom. The van der Waals surface area contributed by atoms with Gasteiger partial charge in [0.25, 0.3) is 0 Å². The van der Waals surface area contributed by atoms with Crippen molar-refractivity contribution in [3.63, 3.8) is 0 Å². The van der Waals surface area contributed by atoms with Crippen molar-refractivity contribution in [2.75, 3.05) is 13.1 Å². The van der Waals surface area contributed by atoms with Crippen LogP contribution in [0.25, 0.3) is 0 Å². The lowest BCUT2D eigenvalue weighted by atomic mass is 10.2. The first-order chi connectivity index (χ1) is 10.5. The van der Waals surface area contributed by atoms with Gasteiger partial charge in [0.1, 0.15) is 0 Å². The molecule has 1 N–H and O–H groups in total. The number of pyridine rings is 1. The molecule has 0 bridgehead atoms. The van der Waals surface area contributed by atoms with Gasteiger partial charge in [0, 0.05) is 31.4 Å². The van der Waals surface area contributed by atoms with Gasteiger partial charge in [-0.05, 0) is 33.8 Å². The Bertz CT molecular complexity index is 497. The summed E-state index contributed by atoms with van der Waals surface area (Å²) < 4.78 is 11.3. The average molecular weight is 307 g/mol. The number of urea groups is 1. The van der Waals surface area contributed by atoms with Crippen molar-refractivity contribution in [1.29, 1.82) is 0 Å². The van der Waals surface area contributed by atoms with E-state index >= 15 is 0 Å². The van der Waals surface area contributed by atoms with E-state index < -0.39 is 0 Å². The first-order valence-corrected chi connectivity index (χ1v) is 7.74. The van der Waals surface area contributed by atoms with Crippen molar-refractivity contribution in [1.82, 2.24) is 15.2 Å². The monoisotopic (exact) mass is 307 g/mol. The van der Waals surface area contributed by atoms with Crippen molar-refractivity contribution in [2.24, 2.45) is 0 Å². The molecule has 1 aromatic heterocycles. The van der Waals surface area contributed by atoms with Gasteiger partial charge in [-0.2, -0.15) is 0 Å². The van der Waals surface area contributed by atoms with Crippen LogP contribution < -0.4 is 10.1 Å². The number of nitrogens with one attached hydrogen (secondary N) is 1. The van der Waals surface area contributed by atoms with Crippen LogP contribution in [0.1, 0.15) is 33.3 Å². The number of morpholine rings is 1. The molecule has 2 heterocycles. The fourth-order valence-corrected chi connectivity index (χ4v) is 2.51. The van der Waals surface area contributed by atoms with E-state index in [-0.39, 0.29) is 24.3 Å². The van der Waals surface area contributed by atoms with Crippen LogP contribution in [0.15, 0.2) is 18.3 Å². The van der Waals surface area contributed by atoms with Crippen LogP contribution in [0.4, 0.5) is 4.79 Å². The molecule has 0 spiro atoms. The van der Waals surface area contributed by atoms with Crippen molar-refractivity contribution in [2.45, 2.75) is 52.6 Å². The highest BCUT2D eigenvalue weighted by Gasteiger charge is 2.25. The van der Waals surface area contributed by atoms with Gasteiger partial charge in [-0.25, -0.2) is 9.78 Å². The molecule has 1 aliphatic heterocycles. The van der Waals surface area contributed by atoms with Gasteiger partial charge in [0.2, 0.25) is 5.88 Å². The predicted octanol–water partition coefficient (Wildman–Crippen LogP) is 2.19. The van der Waals surface area contributed by atoms with E-state index in [1.54, 1.807) is 11.1 Å². The molecular formula is C16H25N3O3. The third kappa shape index (κ3) is 4.59. The summed E-state index contributed by atoms with van der Waals surface area (Å²) in [5, 5.41) is 2.93. The first-order valence-electron chi connectivity index (χ1n) is 7.74. The van der Waals surface area contributed by atoms with Gasteiger partial charge in [0.05, 0.1) is 18.3 Å². The number of hydrogen-bond donors (Lipinski definition) is 1. The zero-order chi connectivity index (χ0) is 16.1. The maximum Gasteiger partial charge on any atom is 0.317 e. The molecule has 6 heteroatoms. The van der Waals surface area contributed by atoms with Gasteiger partial charge < -0.3 is 19.7 Å². The number of amides is 2. The third-order valence-electron chi connectivity index (χ3n) is 3.33. The molecule has 2 atom stereocenters. The summed E-state index contributed by atoms with van der Waals surface area (Å²) >= 11 is 0. The minimum absolute atomic E-state index is 0.0466. The van der Waals surface area contributed by atoms with E-state index in [1.165, 1.54) is 0 Å². The fourth-order valence-electron chi connectivity index (χ4n) is 2.51. The molecule has 1 saturated heterocycles. The predicted molar refractivity (Wildman–Crippen MR) is 83.8 cm³/mol. The zero-order valence-corrected chi connectivity index (χ0v) is 13.7. The molecule has 0 unspecified atom stereocenters. The minimum atomic E-state index is -0.0821. The highest BCUT2D eigenvalue weighted by atomic mass is 16.5. The summed E-state index contributed by atoms with van der Waals surface area (Å²) in [7, 11) is 0. The largest absolute Gasteiger partial charge is 0.475 e. The molecular weight excluding hydrogens is 282 g/mol. The Labute approximate surface area is 131 Å². The van der Waals surface area contributed by atoms with Gasteiger partial charge in [-0.1, -0.05) is 6.07 Å². The number of carbonyl (C=O) groups is 1. The number of carbonyl (C=O) groups excluding carboxylic acids is 1. The van der Waals surface area contributed by atoms with Crippen LogP contribution in [0.2, 0.25) is 0 Å². The summed E-state index contributed by atoms with van der Waals surface area (Å²) in [6.07, 6.45) is 1.86. The van der Waals surface area contributed by atoms with Gasteiger partial charge in [-0.3, -0.25) is 0 Å². The van der Waals surface area contributed by atoms with E-state index in [0.29, 0.717) is 25.5 Å². The zero-order valence-electron chi connectivity index (χ0n) is 13.7. The molecule has 22 heavy (non-hydrogen) atoms. The summed E-state index contributed by atoms with van der Waals surface area (Å²) in [6.45, 7) is 9.48.